The molecule has 0 saturated carbocycles. The summed E-state index contributed by atoms with van der Waals surface area (Å²) in [6, 6.07) is 14.8. The molecule has 0 radical (unpaired) electrons. The zero-order chi connectivity index (χ0) is 18.2. The molecule has 0 heterocycles. The highest BCUT2D eigenvalue weighted by Gasteiger charge is 2.27. The van der Waals surface area contributed by atoms with E-state index in [2.05, 4.69) is 0 Å². The molecule has 0 amide bonds. The number of rotatable bonds is 9. The fraction of sp³-hybridized carbons (Fsp3) is 0.316. The first-order valence-corrected chi connectivity index (χ1v) is 8.24. The summed E-state index contributed by atoms with van der Waals surface area (Å²) in [6.07, 6.45) is 0.176. The van der Waals surface area contributed by atoms with Crippen molar-refractivity contribution in [1.29, 1.82) is 0 Å². The predicted molar refractivity (Wildman–Crippen MR) is 96.2 cm³/mol. The van der Waals surface area contributed by atoms with Crippen LogP contribution in [0.4, 0.5) is 0 Å². The van der Waals surface area contributed by atoms with Crippen LogP contribution in [-0.2, 0) is 22.6 Å². The van der Waals surface area contributed by atoms with Crippen molar-refractivity contribution in [2.45, 2.75) is 32.2 Å². The Morgan fingerprint density at radius 2 is 1.84 bits per heavy atom. The van der Waals surface area contributed by atoms with Crippen LogP contribution in [0.5, 0.6) is 5.75 Å². The van der Waals surface area contributed by atoms with Gasteiger partial charge in [0.1, 0.15) is 12.4 Å². The van der Waals surface area contributed by atoms with Gasteiger partial charge < -0.3 is 19.9 Å². The summed E-state index contributed by atoms with van der Waals surface area (Å²) in [5.41, 5.74) is 2.27. The summed E-state index contributed by atoms with van der Waals surface area (Å²) in [6.45, 7) is 2.02. The van der Waals surface area contributed by atoms with Crippen LogP contribution >= 0.6 is 0 Å². The molecule has 132 valence electrons. The fourth-order valence-electron chi connectivity index (χ4n) is 2.66. The average molecular weight is 342 g/mol. The largest absolute Gasteiger partial charge is 0.507 e. The maximum atomic E-state index is 12.1. The SMILES string of the molecule is Cc1cccc(CC(CC(=O)COCc2ccccc2)B(O)O)c1O. The first kappa shape index (κ1) is 19.2. The lowest BCUT2D eigenvalue weighted by atomic mass is 9.67. The highest BCUT2D eigenvalue weighted by molar-refractivity contribution is 6.43. The van der Waals surface area contributed by atoms with Crippen molar-refractivity contribution in [1.82, 2.24) is 0 Å². The van der Waals surface area contributed by atoms with E-state index in [1.807, 2.05) is 30.3 Å². The number of carbonyl (C=O) groups excluding carboxylic acids is 1. The Morgan fingerprint density at radius 3 is 2.52 bits per heavy atom. The number of ether oxygens (including phenoxy) is 1. The van der Waals surface area contributed by atoms with E-state index >= 15 is 0 Å². The molecule has 2 aromatic carbocycles. The number of Topliss-reactive ketones (excluding diaryl/α,β-unsaturated/α-hetero) is 1. The van der Waals surface area contributed by atoms with Gasteiger partial charge in [0.15, 0.2) is 5.78 Å². The van der Waals surface area contributed by atoms with Crippen molar-refractivity contribution < 1.29 is 24.7 Å². The molecule has 0 aliphatic heterocycles. The molecular formula is C19H23BO5. The molecule has 5 nitrogen and oxygen atoms in total. The van der Waals surface area contributed by atoms with Gasteiger partial charge in [-0.1, -0.05) is 48.5 Å². The summed E-state index contributed by atoms with van der Waals surface area (Å²) in [7, 11) is -1.64. The van der Waals surface area contributed by atoms with Crippen LogP contribution in [0, 0.1) is 6.92 Å². The molecule has 0 bridgehead atoms. The molecule has 0 spiro atoms. The quantitative estimate of drug-likeness (QED) is 0.609. The third-order valence-electron chi connectivity index (χ3n) is 4.09. The lowest BCUT2D eigenvalue weighted by Gasteiger charge is -2.16. The molecular weight excluding hydrogens is 319 g/mol. The molecule has 2 aromatic rings. The molecule has 0 aliphatic carbocycles. The van der Waals surface area contributed by atoms with Crippen LogP contribution < -0.4 is 0 Å². The Balaban J connectivity index is 1.87. The molecule has 2 rings (SSSR count). The minimum atomic E-state index is -1.64. The second-order valence-electron chi connectivity index (χ2n) is 6.18. The van der Waals surface area contributed by atoms with Crippen LogP contribution in [0.2, 0.25) is 5.82 Å². The summed E-state index contributed by atoms with van der Waals surface area (Å²) in [5.74, 6) is -0.775. The van der Waals surface area contributed by atoms with Crippen molar-refractivity contribution >= 4 is 12.9 Å². The fourth-order valence-corrected chi connectivity index (χ4v) is 2.66. The van der Waals surface area contributed by atoms with Crippen molar-refractivity contribution in [3.8, 4) is 5.75 Å². The predicted octanol–water partition coefficient (Wildman–Crippen LogP) is 2.26. The minimum absolute atomic E-state index is 0.0279. The number of phenolic OH excluding ortho intramolecular Hbond substituents is 1. The molecule has 0 aromatic heterocycles. The van der Waals surface area contributed by atoms with Gasteiger partial charge >= 0.3 is 7.12 Å². The van der Waals surface area contributed by atoms with Crippen molar-refractivity contribution in [2.24, 2.45) is 0 Å². The van der Waals surface area contributed by atoms with Crippen LogP contribution in [0.3, 0.4) is 0 Å². The normalized spacial score (nSPS) is 12.0. The second kappa shape index (κ2) is 9.37. The Hall–Kier alpha value is -2.15. The van der Waals surface area contributed by atoms with E-state index in [1.165, 1.54) is 0 Å². The van der Waals surface area contributed by atoms with E-state index in [4.69, 9.17) is 4.74 Å². The smallest absolute Gasteiger partial charge is 0.455 e. The molecule has 0 aliphatic rings. The number of hydrogen-bond acceptors (Lipinski definition) is 5. The maximum absolute atomic E-state index is 12.1. The van der Waals surface area contributed by atoms with Gasteiger partial charge in [0.05, 0.1) is 6.61 Å². The van der Waals surface area contributed by atoms with Gasteiger partial charge in [-0.2, -0.15) is 0 Å². The Kier molecular flexibility index (Phi) is 7.19. The van der Waals surface area contributed by atoms with E-state index in [-0.39, 0.29) is 31.0 Å². The number of aryl methyl sites for hydroxylation is 1. The first-order valence-electron chi connectivity index (χ1n) is 8.24. The Morgan fingerprint density at radius 1 is 1.12 bits per heavy atom. The lowest BCUT2D eigenvalue weighted by Crippen LogP contribution is -2.26. The summed E-state index contributed by atoms with van der Waals surface area (Å²) in [5, 5.41) is 29.2. The van der Waals surface area contributed by atoms with E-state index in [0.29, 0.717) is 17.7 Å². The number of carbonyl (C=O) groups is 1. The molecule has 0 saturated heterocycles. The Bertz CT molecular complexity index is 687. The summed E-state index contributed by atoms with van der Waals surface area (Å²) < 4.78 is 5.39. The topological polar surface area (TPSA) is 87.0 Å². The van der Waals surface area contributed by atoms with Crippen LogP contribution in [0.1, 0.15) is 23.1 Å². The third-order valence-corrected chi connectivity index (χ3v) is 4.09. The highest BCUT2D eigenvalue weighted by atomic mass is 16.5. The maximum Gasteiger partial charge on any atom is 0.455 e. The van der Waals surface area contributed by atoms with Crippen molar-refractivity contribution in [3.63, 3.8) is 0 Å². The number of para-hydroxylation sites is 1. The monoisotopic (exact) mass is 342 g/mol. The average Bonchev–Trinajstić information content (AvgIpc) is 2.59. The zero-order valence-corrected chi connectivity index (χ0v) is 14.3. The molecule has 1 atom stereocenters. The zero-order valence-electron chi connectivity index (χ0n) is 14.3. The van der Waals surface area contributed by atoms with Crippen LogP contribution in [0.15, 0.2) is 48.5 Å². The molecule has 25 heavy (non-hydrogen) atoms. The van der Waals surface area contributed by atoms with Crippen molar-refractivity contribution in [2.75, 3.05) is 6.61 Å². The van der Waals surface area contributed by atoms with Crippen LogP contribution in [0.25, 0.3) is 0 Å². The lowest BCUT2D eigenvalue weighted by molar-refractivity contribution is -0.124. The van der Waals surface area contributed by atoms with Gasteiger partial charge in [0, 0.05) is 12.2 Å². The number of aromatic hydroxyl groups is 1. The van der Waals surface area contributed by atoms with E-state index in [9.17, 15) is 19.9 Å². The van der Waals surface area contributed by atoms with Gasteiger partial charge in [0.25, 0.3) is 0 Å². The summed E-state index contributed by atoms with van der Waals surface area (Å²) in [4.78, 5) is 12.1. The minimum Gasteiger partial charge on any atom is -0.507 e. The third kappa shape index (κ3) is 6.01. The highest BCUT2D eigenvalue weighted by Crippen LogP contribution is 2.28. The van der Waals surface area contributed by atoms with Gasteiger partial charge in [-0.25, -0.2) is 0 Å². The van der Waals surface area contributed by atoms with E-state index < -0.39 is 12.9 Å². The number of phenols is 1. The Labute approximate surface area is 148 Å². The molecule has 1 unspecified atom stereocenters. The van der Waals surface area contributed by atoms with E-state index in [0.717, 1.165) is 5.56 Å². The molecule has 0 fully saturated rings. The standard InChI is InChI=1S/C19H23BO5/c1-14-6-5-9-16(19(14)22)10-17(20(23)24)11-18(21)13-25-12-15-7-3-2-4-8-15/h2-9,17,22-24H,10-13H2,1H3. The summed E-state index contributed by atoms with van der Waals surface area (Å²) >= 11 is 0. The number of hydrogen-bond donors (Lipinski definition) is 3. The molecule has 6 heteroatoms. The van der Waals surface area contributed by atoms with E-state index in [1.54, 1.807) is 25.1 Å². The first-order chi connectivity index (χ1) is 12.0. The number of benzene rings is 2. The van der Waals surface area contributed by atoms with Crippen molar-refractivity contribution in [3.05, 3.63) is 65.2 Å². The van der Waals surface area contributed by atoms with Gasteiger partial charge in [-0.15, -0.1) is 0 Å². The van der Waals surface area contributed by atoms with Gasteiger partial charge in [0.2, 0.25) is 0 Å². The van der Waals surface area contributed by atoms with Crippen LogP contribution in [-0.4, -0.2) is 34.7 Å². The number of ketones is 1. The van der Waals surface area contributed by atoms with Gasteiger partial charge in [-0.3, -0.25) is 4.79 Å². The molecule has 3 N–H and O–H groups in total. The second-order valence-corrected chi connectivity index (χ2v) is 6.18. The van der Waals surface area contributed by atoms with Gasteiger partial charge in [-0.05, 0) is 30.0 Å².